The molecule has 2 aromatic carbocycles. The molecule has 22 heavy (non-hydrogen) atoms. The molecule has 1 amide bonds. The summed E-state index contributed by atoms with van der Waals surface area (Å²) >= 11 is 0. The molecular weight excluding hydrogens is 278 g/mol. The van der Waals surface area contributed by atoms with Crippen LogP contribution in [0.2, 0.25) is 0 Å². The van der Waals surface area contributed by atoms with Crippen molar-refractivity contribution in [3.8, 4) is 0 Å². The van der Waals surface area contributed by atoms with Crippen molar-refractivity contribution in [1.29, 1.82) is 0 Å². The van der Waals surface area contributed by atoms with Gasteiger partial charge < -0.3 is 10.0 Å². The number of fused-ring (bicyclic) bond motifs is 1. The number of nitrogens with zero attached hydrogens (tertiary/aromatic N) is 1. The summed E-state index contributed by atoms with van der Waals surface area (Å²) in [5.74, 6) is -0.713. The van der Waals surface area contributed by atoms with Gasteiger partial charge >= 0.3 is 0 Å². The number of carbonyl (C=O) groups excluding carboxylic acids is 2. The lowest BCUT2D eigenvalue weighted by molar-refractivity contribution is -0.135. The SMILES string of the molecule is Cc1ccc(C(=O)CC2(O)C(=O)N(C)c3ccccc32)cc1. The summed E-state index contributed by atoms with van der Waals surface area (Å²) in [6, 6.07) is 14.1. The number of amides is 1. The van der Waals surface area contributed by atoms with E-state index in [-0.39, 0.29) is 12.2 Å². The van der Waals surface area contributed by atoms with E-state index >= 15 is 0 Å². The number of aliphatic hydroxyl groups is 1. The molecule has 1 aliphatic heterocycles. The van der Waals surface area contributed by atoms with Crippen molar-refractivity contribution in [2.45, 2.75) is 18.9 Å². The number of ketones is 1. The molecule has 1 N–H and O–H groups in total. The predicted octanol–water partition coefficient (Wildman–Crippen LogP) is 2.43. The lowest BCUT2D eigenvalue weighted by Crippen LogP contribution is -2.40. The van der Waals surface area contributed by atoms with Gasteiger partial charge in [-0.15, -0.1) is 0 Å². The first-order valence-corrected chi connectivity index (χ1v) is 7.13. The molecule has 1 aliphatic rings. The van der Waals surface area contributed by atoms with Crippen LogP contribution >= 0.6 is 0 Å². The maximum absolute atomic E-state index is 12.4. The third-order valence-corrected chi connectivity index (χ3v) is 4.16. The second-order valence-electron chi connectivity index (χ2n) is 5.71. The number of hydrogen-bond acceptors (Lipinski definition) is 3. The molecule has 4 nitrogen and oxygen atoms in total. The zero-order chi connectivity index (χ0) is 15.9. The topological polar surface area (TPSA) is 57.6 Å². The Bertz CT molecular complexity index is 751. The summed E-state index contributed by atoms with van der Waals surface area (Å²) in [6.07, 6.45) is -0.254. The van der Waals surface area contributed by atoms with E-state index in [2.05, 4.69) is 0 Å². The van der Waals surface area contributed by atoms with Crippen LogP contribution in [0.4, 0.5) is 5.69 Å². The van der Waals surface area contributed by atoms with E-state index in [1.54, 1.807) is 43.4 Å². The maximum Gasteiger partial charge on any atom is 0.263 e. The highest BCUT2D eigenvalue weighted by Crippen LogP contribution is 2.41. The molecule has 0 saturated carbocycles. The largest absolute Gasteiger partial charge is 0.375 e. The number of benzene rings is 2. The molecule has 1 heterocycles. The van der Waals surface area contributed by atoms with Gasteiger partial charge in [0.1, 0.15) is 0 Å². The van der Waals surface area contributed by atoms with Crippen LogP contribution in [-0.2, 0) is 10.4 Å². The lowest BCUT2D eigenvalue weighted by Gasteiger charge is -2.21. The van der Waals surface area contributed by atoms with E-state index in [0.717, 1.165) is 5.56 Å². The van der Waals surface area contributed by atoms with Crippen molar-refractivity contribution in [3.63, 3.8) is 0 Å². The third kappa shape index (κ3) is 2.12. The third-order valence-electron chi connectivity index (χ3n) is 4.16. The Morgan fingerprint density at radius 2 is 1.77 bits per heavy atom. The number of aryl methyl sites for hydroxylation is 1. The average Bonchev–Trinajstić information content (AvgIpc) is 2.70. The second-order valence-corrected chi connectivity index (χ2v) is 5.71. The first-order valence-electron chi connectivity index (χ1n) is 7.13. The van der Waals surface area contributed by atoms with Crippen LogP contribution in [0.5, 0.6) is 0 Å². The zero-order valence-electron chi connectivity index (χ0n) is 12.5. The van der Waals surface area contributed by atoms with Crippen molar-refractivity contribution in [2.24, 2.45) is 0 Å². The summed E-state index contributed by atoms with van der Waals surface area (Å²) < 4.78 is 0. The smallest absolute Gasteiger partial charge is 0.263 e. The fraction of sp³-hybridized carbons (Fsp3) is 0.222. The van der Waals surface area contributed by atoms with Crippen LogP contribution in [0.15, 0.2) is 48.5 Å². The summed E-state index contributed by atoms with van der Waals surface area (Å²) in [5.41, 5.74) is 0.902. The number of Topliss-reactive ketones (excluding diaryl/α,β-unsaturated/α-hetero) is 1. The van der Waals surface area contributed by atoms with Crippen molar-refractivity contribution < 1.29 is 14.7 Å². The molecule has 0 fully saturated rings. The fourth-order valence-electron chi connectivity index (χ4n) is 2.86. The van der Waals surface area contributed by atoms with Gasteiger partial charge in [0, 0.05) is 18.2 Å². The van der Waals surface area contributed by atoms with Gasteiger partial charge in [0.15, 0.2) is 11.4 Å². The standard InChI is InChI=1S/C18H17NO3/c1-12-7-9-13(10-8-12)16(20)11-18(22)14-5-3-4-6-15(14)19(2)17(18)21/h3-10,22H,11H2,1-2H3. The van der Waals surface area contributed by atoms with E-state index in [1.165, 1.54) is 4.90 Å². The molecule has 0 bridgehead atoms. The minimum Gasteiger partial charge on any atom is -0.375 e. The molecule has 0 radical (unpaired) electrons. The molecule has 0 saturated heterocycles. The number of likely N-dealkylation sites (N-methyl/N-ethyl adjacent to an activating group) is 1. The van der Waals surface area contributed by atoms with Crippen molar-refractivity contribution in [1.82, 2.24) is 0 Å². The van der Waals surface area contributed by atoms with E-state index in [9.17, 15) is 14.7 Å². The number of anilines is 1. The Morgan fingerprint density at radius 3 is 2.45 bits per heavy atom. The van der Waals surface area contributed by atoms with E-state index in [4.69, 9.17) is 0 Å². The van der Waals surface area contributed by atoms with Crippen LogP contribution in [-0.4, -0.2) is 23.8 Å². The Hall–Kier alpha value is -2.46. The molecule has 112 valence electrons. The average molecular weight is 295 g/mol. The number of hydrogen-bond donors (Lipinski definition) is 1. The molecule has 1 atom stereocenters. The second kappa shape index (κ2) is 5.07. The molecule has 0 aliphatic carbocycles. The van der Waals surface area contributed by atoms with Crippen LogP contribution < -0.4 is 4.90 Å². The normalized spacial score (nSPS) is 20.1. The molecule has 0 aromatic heterocycles. The highest BCUT2D eigenvalue weighted by atomic mass is 16.3. The van der Waals surface area contributed by atoms with Crippen LogP contribution in [0, 0.1) is 6.92 Å². The highest BCUT2D eigenvalue weighted by molar-refractivity contribution is 6.10. The Morgan fingerprint density at radius 1 is 1.14 bits per heavy atom. The minimum absolute atomic E-state index is 0.249. The van der Waals surface area contributed by atoms with Gasteiger partial charge in [0.25, 0.3) is 5.91 Å². The molecule has 2 aromatic rings. The number of para-hydroxylation sites is 1. The van der Waals surface area contributed by atoms with Crippen LogP contribution in [0.3, 0.4) is 0 Å². The first-order chi connectivity index (χ1) is 10.4. The van der Waals surface area contributed by atoms with E-state index in [0.29, 0.717) is 16.8 Å². The Labute approximate surface area is 129 Å². The van der Waals surface area contributed by atoms with Gasteiger partial charge in [-0.2, -0.15) is 0 Å². The molecular formula is C18H17NO3. The summed E-state index contributed by atoms with van der Waals surface area (Å²) in [7, 11) is 1.61. The van der Waals surface area contributed by atoms with Gasteiger partial charge in [-0.1, -0.05) is 48.0 Å². The predicted molar refractivity (Wildman–Crippen MR) is 83.9 cm³/mol. The highest BCUT2D eigenvalue weighted by Gasteiger charge is 2.49. The van der Waals surface area contributed by atoms with Gasteiger partial charge in [-0.25, -0.2) is 0 Å². The number of carbonyl (C=O) groups is 2. The van der Waals surface area contributed by atoms with Crippen molar-refractivity contribution in [3.05, 3.63) is 65.2 Å². The van der Waals surface area contributed by atoms with Crippen molar-refractivity contribution in [2.75, 3.05) is 11.9 Å². The summed E-state index contributed by atoms with van der Waals surface area (Å²) in [5, 5.41) is 10.9. The molecule has 0 spiro atoms. The Balaban J connectivity index is 1.95. The zero-order valence-corrected chi connectivity index (χ0v) is 12.5. The van der Waals surface area contributed by atoms with E-state index in [1.807, 2.05) is 19.1 Å². The molecule has 4 heteroatoms. The quantitative estimate of drug-likeness (QED) is 0.885. The van der Waals surface area contributed by atoms with Gasteiger partial charge in [-0.3, -0.25) is 9.59 Å². The van der Waals surface area contributed by atoms with Gasteiger partial charge in [-0.05, 0) is 13.0 Å². The monoisotopic (exact) mass is 295 g/mol. The van der Waals surface area contributed by atoms with Gasteiger partial charge in [0.2, 0.25) is 0 Å². The first kappa shape index (κ1) is 14.5. The summed E-state index contributed by atoms with van der Waals surface area (Å²) in [6.45, 7) is 1.94. The minimum atomic E-state index is -1.78. The number of rotatable bonds is 3. The van der Waals surface area contributed by atoms with Crippen molar-refractivity contribution >= 4 is 17.4 Å². The molecule has 1 unspecified atom stereocenters. The summed E-state index contributed by atoms with van der Waals surface area (Å²) in [4.78, 5) is 26.3. The van der Waals surface area contributed by atoms with Crippen LogP contribution in [0.25, 0.3) is 0 Å². The Kier molecular flexibility index (Phi) is 3.34. The van der Waals surface area contributed by atoms with E-state index < -0.39 is 11.5 Å². The molecule has 3 rings (SSSR count). The van der Waals surface area contributed by atoms with Gasteiger partial charge in [0.05, 0.1) is 12.1 Å². The fourth-order valence-corrected chi connectivity index (χ4v) is 2.86. The van der Waals surface area contributed by atoms with Crippen LogP contribution in [0.1, 0.15) is 27.9 Å². The maximum atomic E-state index is 12.4. The lowest BCUT2D eigenvalue weighted by atomic mass is 9.88.